The van der Waals surface area contributed by atoms with Crippen LogP contribution in [0.5, 0.6) is 0 Å². The van der Waals surface area contributed by atoms with Gasteiger partial charge in [0.05, 0.1) is 5.69 Å². The molecule has 0 amide bonds. The van der Waals surface area contributed by atoms with Crippen molar-refractivity contribution in [3.8, 4) is 22.3 Å². The van der Waals surface area contributed by atoms with Gasteiger partial charge in [0.15, 0.2) is 0 Å². The van der Waals surface area contributed by atoms with Crippen molar-refractivity contribution in [1.82, 2.24) is 0 Å². The molecular weight excluding hydrogens is 623 g/mol. The second kappa shape index (κ2) is 11.7. The Morgan fingerprint density at radius 3 is 1.82 bits per heavy atom. The van der Waals surface area contributed by atoms with Gasteiger partial charge in [0.2, 0.25) is 0 Å². The highest BCUT2D eigenvalue weighted by Gasteiger charge is 2.19. The summed E-state index contributed by atoms with van der Waals surface area (Å²) in [6.45, 7) is 0. The average molecular weight is 654 g/mol. The monoisotopic (exact) mass is 653 g/mol. The van der Waals surface area contributed by atoms with Crippen molar-refractivity contribution in [3.05, 3.63) is 188 Å². The van der Waals surface area contributed by atoms with Crippen LogP contribution in [-0.2, 0) is 0 Å². The van der Waals surface area contributed by atoms with Crippen LogP contribution in [0.3, 0.4) is 0 Å². The highest BCUT2D eigenvalue weighted by Crippen LogP contribution is 2.46. The van der Waals surface area contributed by atoms with E-state index in [0.29, 0.717) is 0 Å². The second-order valence-electron chi connectivity index (χ2n) is 12.9. The molecule has 1 aromatic heterocycles. The molecule has 234 valence electrons. The van der Waals surface area contributed by atoms with Crippen LogP contribution in [0.4, 0.5) is 17.1 Å². The zero-order chi connectivity index (χ0) is 33.0. The molecule has 0 fully saturated rings. The van der Waals surface area contributed by atoms with Crippen LogP contribution >= 0.6 is 11.3 Å². The maximum absolute atomic E-state index is 2.41. The molecule has 1 nitrogen and oxygen atoms in total. The number of benzene rings is 9. The first-order valence-electron chi connectivity index (χ1n) is 17.1. The maximum Gasteiger partial charge on any atom is 0.0540 e. The van der Waals surface area contributed by atoms with Gasteiger partial charge in [-0.05, 0) is 85.9 Å². The summed E-state index contributed by atoms with van der Waals surface area (Å²) < 4.78 is 2.66. The highest BCUT2D eigenvalue weighted by atomic mass is 32.1. The largest absolute Gasteiger partial charge is 0.310 e. The first-order valence-corrected chi connectivity index (χ1v) is 17.9. The smallest absolute Gasteiger partial charge is 0.0540 e. The molecule has 0 saturated carbocycles. The summed E-state index contributed by atoms with van der Waals surface area (Å²) in [5, 5.41) is 10.3. The van der Waals surface area contributed by atoms with E-state index in [2.05, 4.69) is 193 Å². The van der Waals surface area contributed by atoms with Crippen LogP contribution in [0.1, 0.15) is 0 Å². The molecule has 0 aliphatic heterocycles. The van der Waals surface area contributed by atoms with Crippen LogP contribution in [0.15, 0.2) is 188 Å². The molecule has 10 rings (SSSR count). The molecule has 0 bridgehead atoms. The van der Waals surface area contributed by atoms with E-state index < -0.39 is 0 Å². The molecule has 0 saturated heterocycles. The minimum absolute atomic E-state index is 1.12. The number of para-hydroxylation sites is 1. The zero-order valence-electron chi connectivity index (χ0n) is 27.3. The number of thiophene rings is 1. The van der Waals surface area contributed by atoms with E-state index in [1.54, 1.807) is 0 Å². The van der Waals surface area contributed by atoms with E-state index in [0.717, 1.165) is 17.1 Å². The number of fused-ring (bicyclic) bond motifs is 8. The van der Waals surface area contributed by atoms with Gasteiger partial charge in [-0.2, -0.15) is 0 Å². The third-order valence-corrected chi connectivity index (χ3v) is 11.2. The molecule has 10 aromatic rings. The summed E-state index contributed by atoms with van der Waals surface area (Å²) >= 11 is 1.89. The van der Waals surface area contributed by atoms with Crippen LogP contribution < -0.4 is 4.90 Å². The fourth-order valence-corrected chi connectivity index (χ4v) is 8.93. The Labute approximate surface area is 294 Å². The summed E-state index contributed by atoms with van der Waals surface area (Å²) in [4.78, 5) is 2.41. The zero-order valence-corrected chi connectivity index (χ0v) is 28.1. The molecular formula is C48H31NS. The number of hydrogen-bond acceptors (Lipinski definition) is 2. The summed E-state index contributed by atoms with van der Waals surface area (Å²) in [7, 11) is 0. The Hall–Kier alpha value is -6.22. The molecule has 1 heterocycles. The van der Waals surface area contributed by atoms with Crippen molar-refractivity contribution in [2.75, 3.05) is 4.90 Å². The lowest BCUT2D eigenvalue weighted by Crippen LogP contribution is -2.11. The van der Waals surface area contributed by atoms with Crippen molar-refractivity contribution < 1.29 is 0 Å². The van der Waals surface area contributed by atoms with Crippen molar-refractivity contribution in [1.29, 1.82) is 0 Å². The fourth-order valence-electron chi connectivity index (χ4n) is 7.68. The molecule has 0 aliphatic carbocycles. The Bertz CT molecular complexity index is 2870. The molecule has 0 unspecified atom stereocenters. The lowest BCUT2D eigenvalue weighted by atomic mass is 9.96. The van der Waals surface area contributed by atoms with Crippen LogP contribution in [-0.4, -0.2) is 0 Å². The van der Waals surface area contributed by atoms with Crippen molar-refractivity contribution in [2.24, 2.45) is 0 Å². The predicted molar refractivity (Wildman–Crippen MR) is 217 cm³/mol. The van der Waals surface area contributed by atoms with Crippen molar-refractivity contribution in [3.63, 3.8) is 0 Å². The molecule has 0 spiro atoms. The first-order chi connectivity index (χ1) is 24.8. The molecule has 50 heavy (non-hydrogen) atoms. The molecule has 2 heteroatoms. The highest BCUT2D eigenvalue weighted by molar-refractivity contribution is 7.26. The third-order valence-electron chi connectivity index (χ3n) is 10.0. The minimum Gasteiger partial charge on any atom is -0.310 e. The van der Waals surface area contributed by atoms with Crippen LogP contribution in [0.25, 0.3) is 74.7 Å². The quantitative estimate of drug-likeness (QED) is 0.167. The summed E-state index contributed by atoms with van der Waals surface area (Å²) in [5.74, 6) is 0. The van der Waals surface area contributed by atoms with Crippen molar-refractivity contribution >= 4 is 80.9 Å². The van der Waals surface area contributed by atoms with Crippen molar-refractivity contribution in [2.45, 2.75) is 0 Å². The van der Waals surface area contributed by atoms with Crippen LogP contribution in [0, 0.1) is 0 Å². The maximum atomic E-state index is 2.41. The van der Waals surface area contributed by atoms with E-state index in [-0.39, 0.29) is 0 Å². The van der Waals surface area contributed by atoms with Gasteiger partial charge in [-0.1, -0.05) is 146 Å². The number of rotatable bonds is 5. The van der Waals surface area contributed by atoms with E-state index in [9.17, 15) is 0 Å². The lowest BCUT2D eigenvalue weighted by molar-refractivity contribution is 1.29. The molecule has 0 aliphatic rings. The number of nitrogens with zero attached hydrogens (tertiary/aromatic N) is 1. The van der Waals surface area contributed by atoms with Gasteiger partial charge in [0, 0.05) is 42.7 Å². The van der Waals surface area contributed by atoms with Gasteiger partial charge in [0.1, 0.15) is 0 Å². The third kappa shape index (κ3) is 4.69. The molecule has 0 atom stereocenters. The standard InChI is InChI=1S/C48H31NS/c1-2-12-32(13-3-1)41-17-8-10-20-45(41)49(38-28-29-40-36(30-38)23-22-33-14-4-6-16-39(33)40)37-26-24-34(25-27-37)44-31-35-15-5-7-18-42(35)47-43-19-9-11-21-46(43)50-48(44)47/h1-31H. The fraction of sp³-hybridized carbons (Fsp3) is 0. The van der Waals surface area contributed by atoms with E-state index in [4.69, 9.17) is 0 Å². The SMILES string of the molecule is c1ccc(-c2ccccc2N(c2ccc(-c3cc4ccccc4c4c3sc3ccccc34)cc2)c2ccc3c(ccc4ccccc43)c2)cc1. The minimum atomic E-state index is 1.12. The van der Waals surface area contributed by atoms with E-state index >= 15 is 0 Å². The average Bonchev–Trinajstić information content (AvgIpc) is 3.59. The summed E-state index contributed by atoms with van der Waals surface area (Å²) in [6.07, 6.45) is 0. The Balaban J connectivity index is 1.17. The van der Waals surface area contributed by atoms with Gasteiger partial charge in [-0.3, -0.25) is 0 Å². The predicted octanol–water partition coefficient (Wildman–Crippen LogP) is 14.3. The van der Waals surface area contributed by atoms with E-state index in [1.165, 1.54) is 74.7 Å². The first kappa shape index (κ1) is 28.8. The normalized spacial score (nSPS) is 11.6. The Kier molecular flexibility index (Phi) is 6.75. The number of anilines is 3. The summed E-state index contributed by atoms with van der Waals surface area (Å²) in [6, 6.07) is 68.6. The summed E-state index contributed by atoms with van der Waals surface area (Å²) in [5.41, 5.74) is 8.27. The molecule has 0 radical (unpaired) electrons. The van der Waals surface area contributed by atoms with Gasteiger partial charge in [-0.15, -0.1) is 11.3 Å². The Morgan fingerprint density at radius 1 is 0.360 bits per heavy atom. The lowest BCUT2D eigenvalue weighted by Gasteiger charge is -2.28. The Morgan fingerprint density at radius 2 is 0.960 bits per heavy atom. The van der Waals surface area contributed by atoms with Gasteiger partial charge >= 0.3 is 0 Å². The number of hydrogen-bond donors (Lipinski definition) is 0. The van der Waals surface area contributed by atoms with Gasteiger partial charge < -0.3 is 4.90 Å². The molecule has 9 aromatic carbocycles. The molecule has 0 N–H and O–H groups in total. The van der Waals surface area contributed by atoms with Crippen LogP contribution in [0.2, 0.25) is 0 Å². The van der Waals surface area contributed by atoms with Gasteiger partial charge in [0.25, 0.3) is 0 Å². The second-order valence-corrected chi connectivity index (χ2v) is 14.0. The van der Waals surface area contributed by atoms with E-state index in [1.807, 2.05) is 11.3 Å². The topological polar surface area (TPSA) is 3.24 Å². The van der Waals surface area contributed by atoms with Gasteiger partial charge in [-0.25, -0.2) is 0 Å².